The average Bonchev–Trinajstić information content (AvgIpc) is 3.10. The van der Waals surface area contributed by atoms with Gasteiger partial charge in [-0.05, 0) is 19.4 Å². The summed E-state index contributed by atoms with van der Waals surface area (Å²) in [6, 6.07) is 0. The van der Waals surface area contributed by atoms with Gasteiger partial charge < -0.3 is 10.3 Å². The van der Waals surface area contributed by atoms with E-state index < -0.39 is 0 Å². The minimum absolute atomic E-state index is 0.760. The lowest BCUT2D eigenvalue weighted by Crippen LogP contribution is -2.08. The predicted molar refractivity (Wildman–Crippen MR) is 115 cm³/mol. The molecule has 0 aliphatic rings. The molecular formula is C23H45N3. The zero-order chi connectivity index (χ0) is 18.7. The van der Waals surface area contributed by atoms with Crippen molar-refractivity contribution in [3.63, 3.8) is 0 Å². The monoisotopic (exact) mass is 363 g/mol. The third-order valence-electron chi connectivity index (χ3n) is 5.41. The normalized spacial score (nSPS) is 11.3. The first kappa shape index (κ1) is 23.2. The van der Waals surface area contributed by atoms with E-state index in [1.807, 2.05) is 6.20 Å². The van der Waals surface area contributed by atoms with Crippen LogP contribution in [0.25, 0.3) is 0 Å². The predicted octanol–water partition coefficient (Wildman–Crippen LogP) is 6.65. The SMILES string of the molecule is CCCCCCCCCCCCCCCCCc1nccn1CCCN. The molecule has 0 aliphatic carbocycles. The number of aromatic nitrogens is 2. The Kier molecular flexibility index (Phi) is 15.7. The molecule has 0 aliphatic heterocycles. The molecule has 0 unspecified atom stereocenters. The van der Waals surface area contributed by atoms with E-state index in [2.05, 4.69) is 22.7 Å². The largest absolute Gasteiger partial charge is 0.335 e. The minimum atomic E-state index is 0.760. The standard InChI is InChI=1S/C23H45N3/c1-2-3-4-5-6-7-8-9-10-11-12-13-14-15-16-18-23-25-20-22-26(23)21-17-19-24/h20,22H,2-19,21,24H2,1H3. The fourth-order valence-electron chi connectivity index (χ4n) is 3.69. The van der Waals surface area contributed by atoms with Gasteiger partial charge in [0.05, 0.1) is 0 Å². The summed E-state index contributed by atoms with van der Waals surface area (Å²) in [5.74, 6) is 1.24. The van der Waals surface area contributed by atoms with Crippen LogP contribution in [0.2, 0.25) is 0 Å². The summed E-state index contributed by atoms with van der Waals surface area (Å²) in [5, 5.41) is 0. The first-order valence-electron chi connectivity index (χ1n) is 11.6. The van der Waals surface area contributed by atoms with Gasteiger partial charge in [0.15, 0.2) is 0 Å². The van der Waals surface area contributed by atoms with E-state index >= 15 is 0 Å². The number of unbranched alkanes of at least 4 members (excludes halogenated alkanes) is 14. The molecule has 0 fully saturated rings. The molecule has 0 saturated heterocycles. The van der Waals surface area contributed by atoms with Crippen LogP contribution in [0.15, 0.2) is 12.4 Å². The molecule has 1 aromatic heterocycles. The van der Waals surface area contributed by atoms with E-state index in [9.17, 15) is 0 Å². The van der Waals surface area contributed by atoms with Crippen LogP contribution < -0.4 is 5.73 Å². The number of rotatable bonds is 19. The Bertz CT molecular complexity index is 400. The summed E-state index contributed by atoms with van der Waals surface area (Å²) in [6.45, 7) is 4.07. The molecule has 0 atom stereocenters. The van der Waals surface area contributed by atoms with E-state index in [0.717, 1.165) is 25.9 Å². The van der Waals surface area contributed by atoms with E-state index in [4.69, 9.17) is 5.73 Å². The van der Waals surface area contributed by atoms with Gasteiger partial charge in [-0.15, -0.1) is 0 Å². The Balaban J connectivity index is 1.82. The highest BCUT2D eigenvalue weighted by Gasteiger charge is 2.02. The van der Waals surface area contributed by atoms with Crippen LogP contribution in [0.4, 0.5) is 0 Å². The van der Waals surface area contributed by atoms with Crippen LogP contribution in [0.5, 0.6) is 0 Å². The van der Waals surface area contributed by atoms with E-state index in [1.165, 1.54) is 102 Å². The number of imidazole rings is 1. The van der Waals surface area contributed by atoms with Crippen molar-refractivity contribution < 1.29 is 0 Å². The van der Waals surface area contributed by atoms with Crippen molar-refractivity contribution in [2.45, 2.75) is 123 Å². The van der Waals surface area contributed by atoms with Gasteiger partial charge in [0, 0.05) is 25.4 Å². The molecule has 0 radical (unpaired) electrons. The molecule has 3 nitrogen and oxygen atoms in total. The molecule has 2 N–H and O–H groups in total. The molecular weight excluding hydrogens is 318 g/mol. The van der Waals surface area contributed by atoms with Gasteiger partial charge in [-0.25, -0.2) is 4.98 Å². The highest BCUT2D eigenvalue weighted by Crippen LogP contribution is 2.14. The number of hydrogen-bond donors (Lipinski definition) is 1. The molecule has 26 heavy (non-hydrogen) atoms. The quantitative estimate of drug-likeness (QED) is 0.280. The lowest BCUT2D eigenvalue weighted by Gasteiger charge is -2.07. The second-order valence-electron chi connectivity index (χ2n) is 7.88. The minimum Gasteiger partial charge on any atom is -0.335 e. The van der Waals surface area contributed by atoms with Gasteiger partial charge in [-0.3, -0.25) is 0 Å². The third-order valence-corrected chi connectivity index (χ3v) is 5.41. The molecule has 1 heterocycles. The van der Waals surface area contributed by atoms with Crippen molar-refractivity contribution >= 4 is 0 Å². The maximum atomic E-state index is 5.60. The first-order valence-corrected chi connectivity index (χ1v) is 11.6. The van der Waals surface area contributed by atoms with E-state index in [-0.39, 0.29) is 0 Å². The Morgan fingerprint density at radius 3 is 1.73 bits per heavy atom. The molecule has 1 rings (SSSR count). The molecule has 0 spiro atoms. The van der Waals surface area contributed by atoms with E-state index in [1.54, 1.807) is 0 Å². The number of hydrogen-bond acceptors (Lipinski definition) is 2. The third kappa shape index (κ3) is 12.5. The topological polar surface area (TPSA) is 43.8 Å². The van der Waals surface area contributed by atoms with Crippen molar-refractivity contribution in [1.29, 1.82) is 0 Å². The zero-order valence-corrected chi connectivity index (χ0v) is 17.6. The lowest BCUT2D eigenvalue weighted by molar-refractivity contribution is 0.529. The van der Waals surface area contributed by atoms with Gasteiger partial charge in [-0.2, -0.15) is 0 Å². The molecule has 1 aromatic rings. The van der Waals surface area contributed by atoms with Crippen molar-refractivity contribution in [3.8, 4) is 0 Å². The van der Waals surface area contributed by atoms with Crippen LogP contribution in [0.1, 0.15) is 115 Å². The number of nitrogens with zero attached hydrogens (tertiary/aromatic N) is 2. The van der Waals surface area contributed by atoms with Crippen LogP contribution in [-0.4, -0.2) is 16.1 Å². The van der Waals surface area contributed by atoms with Crippen molar-refractivity contribution in [2.75, 3.05) is 6.54 Å². The Labute approximate surface area is 163 Å². The molecule has 0 amide bonds. The summed E-state index contributed by atoms with van der Waals surface area (Å²) in [4.78, 5) is 4.49. The molecule has 152 valence electrons. The summed E-state index contributed by atoms with van der Waals surface area (Å²) in [5.41, 5.74) is 5.60. The first-order chi connectivity index (χ1) is 12.9. The van der Waals surface area contributed by atoms with Gasteiger partial charge in [0.25, 0.3) is 0 Å². The van der Waals surface area contributed by atoms with Gasteiger partial charge >= 0.3 is 0 Å². The molecule has 3 heteroatoms. The zero-order valence-electron chi connectivity index (χ0n) is 17.6. The van der Waals surface area contributed by atoms with Gasteiger partial charge in [0.2, 0.25) is 0 Å². The van der Waals surface area contributed by atoms with E-state index in [0.29, 0.717) is 0 Å². The van der Waals surface area contributed by atoms with Crippen molar-refractivity contribution in [1.82, 2.24) is 9.55 Å². The second kappa shape index (κ2) is 17.6. The van der Waals surface area contributed by atoms with Crippen molar-refractivity contribution in [2.24, 2.45) is 5.73 Å². The van der Waals surface area contributed by atoms with Crippen molar-refractivity contribution in [3.05, 3.63) is 18.2 Å². The van der Waals surface area contributed by atoms with Gasteiger partial charge in [0.1, 0.15) is 5.82 Å². The number of aryl methyl sites for hydroxylation is 2. The molecule has 0 aromatic carbocycles. The second-order valence-corrected chi connectivity index (χ2v) is 7.88. The summed E-state index contributed by atoms with van der Waals surface area (Å²) >= 11 is 0. The summed E-state index contributed by atoms with van der Waals surface area (Å²) < 4.78 is 2.27. The average molecular weight is 364 g/mol. The molecule has 0 saturated carbocycles. The maximum Gasteiger partial charge on any atom is 0.108 e. The fourth-order valence-corrected chi connectivity index (χ4v) is 3.69. The Morgan fingerprint density at radius 2 is 1.23 bits per heavy atom. The summed E-state index contributed by atoms with van der Waals surface area (Å²) in [6.07, 6.45) is 27.5. The maximum absolute atomic E-state index is 5.60. The van der Waals surface area contributed by atoms with Crippen LogP contribution >= 0.6 is 0 Å². The number of nitrogens with two attached hydrogens (primary N) is 1. The van der Waals surface area contributed by atoms with Crippen LogP contribution in [0.3, 0.4) is 0 Å². The fraction of sp³-hybridized carbons (Fsp3) is 0.870. The highest BCUT2D eigenvalue weighted by atomic mass is 15.1. The highest BCUT2D eigenvalue weighted by molar-refractivity contribution is 4.92. The molecule has 0 bridgehead atoms. The van der Waals surface area contributed by atoms with Crippen LogP contribution in [0, 0.1) is 0 Å². The smallest absolute Gasteiger partial charge is 0.108 e. The van der Waals surface area contributed by atoms with Gasteiger partial charge in [-0.1, -0.05) is 96.8 Å². The summed E-state index contributed by atoms with van der Waals surface area (Å²) in [7, 11) is 0. The lowest BCUT2D eigenvalue weighted by atomic mass is 10.0. The Hall–Kier alpha value is -0.830. The van der Waals surface area contributed by atoms with Crippen LogP contribution in [-0.2, 0) is 13.0 Å². The Morgan fingerprint density at radius 1 is 0.731 bits per heavy atom.